The van der Waals surface area contributed by atoms with E-state index >= 15 is 0 Å². The fraction of sp³-hybridized carbons (Fsp3) is 0.160. The molecule has 0 atom stereocenters. The molecular formula is C25H21FN6O3. The van der Waals surface area contributed by atoms with Crippen LogP contribution in [0.4, 0.5) is 4.39 Å². The summed E-state index contributed by atoms with van der Waals surface area (Å²) in [6.07, 6.45) is 1.66. The standard InChI is InChI=1S/C25H21FN6O3/c1-31(2)25(33)17-6-4-15(12-19(17)26)20-8-9-23-28-29-24(32(23)30-20)14-35-22-10-11-27-21-13-16(34-3)5-7-18(21)22/h4-13H,14H2,1-3H3. The van der Waals surface area contributed by atoms with Gasteiger partial charge in [0.1, 0.15) is 23.9 Å². The van der Waals surface area contributed by atoms with Gasteiger partial charge in [0.25, 0.3) is 5.91 Å². The molecule has 10 heteroatoms. The maximum absolute atomic E-state index is 14.6. The summed E-state index contributed by atoms with van der Waals surface area (Å²) in [6, 6.07) is 15.2. The van der Waals surface area contributed by atoms with E-state index in [1.54, 1.807) is 56.2 Å². The number of rotatable bonds is 6. The molecule has 3 aromatic heterocycles. The molecule has 0 saturated carbocycles. The van der Waals surface area contributed by atoms with Gasteiger partial charge in [-0.2, -0.15) is 9.61 Å². The van der Waals surface area contributed by atoms with Crippen molar-refractivity contribution in [2.24, 2.45) is 0 Å². The van der Waals surface area contributed by atoms with Gasteiger partial charge in [-0.25, -0.2) is 4.39 Å². The van der Waals surface area contributed by atoms with Crippen molar-refractivity contribution in [3.8, 4) is 22.8 Å². The van der Waals surface area contributed by atoms with Crippen LogP contribution in [0.25, 0.3) is 27.8 Å². The molecule has 1 amide bonds. The lowest BCUT2D eigenvalue weighted by molar-refractivity contribution is 0.0823. The second kappa shape index (κ2) is 8.98. The summed E-state index contributed by atoms with van der Waals surface area (Å²) in [5, 5.41) is 13.7. The quantitative estimate of drug-likeness (QED) is 0.371. The topological polar surface area (TPSA) is 94.7 Å². The average Bonchev–Trinajstić information content (AvgIpc) is 3.28. The van der Waals surface area contributed by atoms with Crippen molar-refractivity contribution < 1.29 is 18.7 Å². The second-order valence-corrected chi connectivity index (χ2v) is 7.98. The van der Waals surface area contributed by atoms with Gasteiger partial charge in [0.05, 0.1) is 23.9 Å². The Morgan fingerprint density at radius 1 is 1.06 bits per heavy atom. The Morgan fingerprint density at radius 2 is 1.91 bits per heavy atom. The Labute approximate surface area is 199 Å². The minimum atomic E-state index is -0.614. The van der Waals surface area contributed by atoms with Crippen molar-refractivity contribution in [1.82, 2.24) is 29.7 Å². The van der Waals surface area contributed by atoms with Crippen LogP contribution in [0.5, 0.6) is 11.5 Å². The number of nitrogens with zero attached hydrogens (tertiary/aromatic N) is 6. The zero-order valence-corrected chi connectivity index (χ0v) is 19.3. The number of pyridine rings is 1. The summed E-state index contributed by atoms with van der Waals surface area (Å²) in [7, 11) is 4.75. The molecule has 0 fully saturated rings. The van der Waals surface area contributed by atoms with Crippen LogP contribution >= 0.6 is 0 Å². The third-order valence-corrected chi connectivity index (χ3v) is 5.50. The zero-order chi connectivity index (χ0) is 24.5. The highest BCUT2D eigenvalue weighted by Crippen LogP contribution is 2.28. The molecule has 0 bridgehead atoms. The largest absolute Gasteiger partial charge is 0.497 e. The summed E-state index contributed by atoms with van der Waals surface area (Å²) < 4.78 is 27.5. The van der Waals surface area contributed by atoms with Crippen molar-refractivity contribution in [2.75, 3.05) is 21.2 Å². The number of amides is 1. The van der Waals surface area contributed by atoms with Crippen LogP contribution < -0.4 is 9.47 Å². The van der Waals surface area contributed by atoms with Crippen LogP contribution in [-0.4, -0.2) is 56.8 Å². The Bertz CT molecular complexity index is 1570. The molecule has 0 aliphatic heterocycles. The third-order valence-electron chi connectivity index (χ3n) is 5.50. The molecule has 0 aliphatic rings. The number of carbonyl (C=O) groups excluding carboxylic acids is 1. The molecule has 0 aliphatic carbocycles. The highest BCUT2D eigenvalue weighted by Gasteiger charge is 2.16. The van der Waals surface area contributed by atoms with Crippen molar-refractivity contribution in [1.29, 1.82) is 0 Å². The number of carbonyl (C=O) groups is 1. The molecular weight excluding hydrogens is 451 g/mol. The maximum atomic E-state index is 14.6. The molecule has 5 aromatic rings. The molecule has 0 N–H and O–H groups in total. The van der Waals surface area contributed by atoms with E-state index in [4.69, 9.17) is 9.47 Å². The lowest BCUT2D eigenvalue weighted by atomic mass is 10.1. The lowest BCUT2D eigenvalue weighted by Gasteiger charge is -2.12. The fourth-order valence-electron chi connectivity index (χ4n) is 3.66. The fourth-order valence-corrected chi connectivity index (χ4v) is 3.66. The van der Waals surface area contributed by atoms with Crippen molar-refractivity contribution >= 4 is 22.5 Å². The summed E-state index contributed by atoms with van der Waals surface area (Å²) in [6.45, 7) is 0.105. The van der Waals surface area contributed by atoms with Gasteiger partial charge < -0.3 is 14.4 Å². The Hall–Kier alpha value is -4.60. The Morgan fingerprint density at radius 3 is 2.69 bits per heavy atom. The second-order valence-electron chi connectivity index (χ2n) is 7.98. The maximum Gasteiger partial charge on any atom is 0.256 e. The van der Waals surface area contributed by atoms with Gasteiger partial charge in [-0.15, -0.1) is 10.2 Å². The first-order valence-corrected chi connectivity index (χ1v) is 10.7. The minimum Gasteiger partial charge on any atom is -0.497 e. The predicted octanol–water partition coefficient (Wildman–Crippen LogP) is 3.77. The smallest absolute Gasteiger partial charge is 0.256 e. The van der Waals surface area contributed by atoms with Crippen LogP contribution in [0, 0.1) is 5.82 Å². The van der Waals surface area contributed by atoms with E-state index in [0.29, 0.717) is 34.2 Å². The highest BCUT2D eigenvalue weighted by molar-refractivity contribution is 5.94. The molecule has 0 radical (unpaired) electrons. The number of benzene rings is 2. The Kier molecular flexibility index (Phi) is 5.69. The van der Waals surface area contributed by atoms with Crippen LogP contribution in [0.2, 0.25) is 0 Å². The first-order chi connectivity index (χ1) is 16.9. The molecule has 2 aromatic carbocycles. The van der Waals surface area contributed by atoms with Gasteiger partial charge in [0, 0.05) is 37.3 Å². The van der Waals surface area contributed by atoms with E-state index in [0.717, 1.165) is 10.9 Å². The molecule has 5 rings (SSSR count). The van der Waals surface area contributed by atoms with Crippen LogP contribution in [-0.2, 0) is 6.61 Å². The SMILES string of the molecule is COc1ccc2c(OCc3nnc4ccc(-c5ccc(C(=O)N(C)C)c(F)c5)nn34)ccnc2c1. The average molecular weight is 472 g/mol. The monoisotopic (exact) mass is 472 g/mol. The zero-order valence-electron chi connectivity index (χ0n) is 19.3. The van der Waals surface area contributed by atoms with Gasteiger partial charge in [-0.05, 0) is 42.5 Å². The summed E-state index contributed by atoms with van der Waals surface area (Å²) >= 11 is 0. The molecule has 0 unspecified atom stereocenters. The van der Waals surface area contributed by atoms with E-state index in [9.17, 15) is 9.18 Å². The summed E-state index contributed by atoms with van der Waals surface area (Å²) in [5.74, 6) is 0.793. The number of halogens is 1. The predicted molar refractivity (Wildman–Crippen MR) is 127 cm³/mol. The van der Waals surface area contributed by atoms with Crippen molar-refractivity contribution in [3.05, 3.63) is 78.0 Å². The Balaban J connectivity index is 1.43. The molecule has 176 valence electrons. The van der Waals surface area contributed by atoms with Crippen LogP contribution in [0.1, 0.15) is 16.2 Å². The number of methoxy groups -OCH3 is 1. The number of hydrogen-bond acceptors (Lipinski definition) is 7. The van der Waals surface area contributed by atoms with E-state index in [1.165, 1.54) is 17.0 Å². The van der Waals surface area contributed by atoms with Gasteiger partial charge in [-0.1, -0.05) is 6.07 Å². The molecule has 35 heavy (non-hydrogen) atoms. The van der Waals surface area contributed by atoms with Crippen molar-refractivity contribution in [2.45, 2.75) is 6.61 Å². The van der Waals surface area contributed by atoms with Crippen LogP contribution in [0.3, 0.4) is 0 Å². The van der Waals surface area contributed by atoms with E-state index in [-0.39, 0.29) is 12.2 Å². The summed E-state index contributed by atoms with van der Waals surface area (Å²) in [4.78, 5) is 17.8. The van der Waals surface area contributed by atoms with Gasteiger partial charge >= 0.3 is 0 Å². The van der Waals surface area contributed by atoms with Crippen LogP contribution in [0.15, 0.2) is 60.8 Å². The van der Waals surface area contributed by atoms with Gasteiger partial charge in [0.15, 0.2) is 11.5 Å². The highest BCUT2D eigenvalue weighted by atomic mass is 19.1. The lowest BCUT2D eigenvalue weighted by Crippen LogP contribution is -2.22. The van der Waals surface area contributed by atoms with Gasteiger partial charge in [0.2, 0.25) is 0 Å². The number of fused-ring (bicyclic) bond motifs is 2. The number of ether oxygens (including phenoxy) is 2. The molecule has 3 heterocycles. The molecule has 0 saturated heterocycles. The van der Waals surface area contributed by atoms with E-state index in [2.05, 4.69) is 20.3 Å². The number of aromatic nitrogens is 5. The first kappa shape index (κ1) is 22.2. The van der Waals surface area contributed by atoms with E-state index < -0.39 is 11.7 Å². The van der Waals surface area contributed by atoms with Crippen molar-refractivity contribution in [3.63, 3.8) is 0 Å². The minimum absolute atomic E-state index is 0.000381. The molecule has 9 nitrogen and oxygen atoms in total. The first-order valence-electron chi connectivity index (χ1n) is 10.7. The third kappa shape index (κ3) is 4.21. The van der Waals surface area contributed by atoms with E-state index in [1.807, 2.05) is 18.2 Å². The van der Waals surface area contributed by atoms with Gasteiger partial charge in [-0.3, -0.25) is 9.78 Å². The summed E-state index contributed by atoms with van der Waals surface area (Å²) in [5.41, 5.74) is 2.29. The normalized spacial score (nSPS) is 11.1. The molecule has 0 spiro atoms. The number of hydrogen-bond donors (Lipinski definition) is 0.